The minimum Gasteiger partial charge on any atom is -0.497 e. The van der Waals surface area contributed by atoms with Gasteiger partial charge in [-0.1, -0.05) is 53.7 Å². The van der Waals surface area contributed by atoms with Crippen molar-refractivity contribution in [3.05, 3.63) is 94.8 Å². The van der Waals surface area contributed by atoms with E-state index in [4.69, 9.17) is 21.1 Å². The van der Waals surface area contributed by atoms with Crippen molar-refractivity contribution in [2.24, 2.45) is 0 Å². The van der Waals surface area contributed by atoms with Crippen LogP contribution in [0.1, 0.15) is 17.0 Å². The van der Waals surface area contributed by atoms with Crippen LogP contribution in [0.4, 0.5) is 0 Å². The number of aromatic nitrogens is 3. The number of hydrogen-bond acceptors (Lipinski definition) is 6. The topological polar surface area (TPSA) is 52.4 Å². The van der Waals surface area contributed by atoms with Gasteiger partial charge in [0.05, 0.1) is 26.5 Å². The molecule has 0 radical (unpaired) electrons. The third kappa shape index (κ3) is 6.11. The van der Waals surface area contributed by atoms with Crippen molar-refractivity contribution in [2.45, 2.75) is 24.0 Å². The molecule has 1 heterocycles. The first-order chi connectivity index (χ1) is 16.6. The predicted octanol–water partition coefficient (Wildman–Crippen LogP) is 5.86. The molecule has 0 saturated heterocycles. The van der Waals surface area contributed by atoms with Gasteiger partial charge in [0.2, 0.25) is 0 Å². The highest BCUT2D eigenvalue weighted by atomic mass is 35.5. The van der Waals surface area contributed by atoms with E-state index in [0.717, 1.165) is 51.1 Å². The number of benzene rings is 3. The molecule has 8 heteroatoms. The van der Waals surface area contributed by atoms with Gasteiger partial charge >= 0.3 is 0 Å². The van der Waals surface area contributed by atoms with Gasteiger partial charge in [-0.25, -0.2) is 0 Å². The summed E-state index contributed by atoms with van der Waals surface area (Å²) >= 11 is 7.79. The maximum Gasteiger partial charge on any atom is 0.196 e. The molecule has 1 aromatic heterocycles. The van der Waals surface area contributed by atoms with E-state index in [1.54, 1.807) is 26.0 Å². The summed E-state index contributed by atoms with van der Waals surface area (Å²) in [6.07, 6.45) is 0. The Morgan fingerprint density at radius 3 is 2.35 bits per heavy atom. The van der Waals surface area contributed by atoms with Gasteiger partial charge in [-0.3, -0.25) is 9.47 Å². The number of ether oxygens (including phenoxy) is 2. The minimum absolute atomic E-state index is 0.633. The molecule has 4 rings (SSSR count). The molecular weight excluding hydrogens is 468 g/mol. The maximum absolute atomic E-state index is 6.16. The Labute approximate surface area is 209 Å². The standard InChI is InChI=1S/C26H27ClN4O2S/c1-30(16-19-10-12-23(32-2)13-11-19)17-25-28-29-26(34-18-20-6-4-7-21(27)14-20)31(25)22-8-5-9-24(15-22)33-3/h4-15H,16-18H2,1-3H3. The van der Waals surface area contributed by atoms with Crippen molar-refractivity contribution in [2.75, 3.05) is 21.3 Å². The van der Waals surface area contributed by atoms with Gasteiger partial charge in [-0.15, -0.1) is 10.2 Å². The van der Waals surface area contributed by atoms with E-state index in [2.05, 4.69) is 44.9 Å². The number of hydrogen-bond donors (Lipinski definition) is 0. The first-order valence-electron chi connectivity index (χ1n) is 10.8. The largest absolute Gasteiger partial charge is 0.497 e. The Morgan fingerprint density at radius 2 is 1.62 bits per heavy atom. The van der Waals surface area contributed by atoms with Gasteiger partial charge in [-0.05, 0) is 54.6 Å². The van der Waals surface area contributed by atoms with Crippen LogP contribution in [0.2, 0.25) is 5.02 Å². The van der Waals surface area contributed by atoms with Crippen molar-refractivity contribution < 1.29 is 9.47 Å². The van der Waals surface area contributed by atoms with Gasteiger partial charge < -0.3 is 9.47 Å². The molecule has 0 N–H and O–H groups in total. The summed E-state index contributed by atoms with van der Waals surface area (Å²) in [5, 5.41) is 10.6. The van der Waals surface area contributed by atoms with Gasteiger partial charge in [0.1, 0.15) is 11.5 Å². The third-order valence-corrected chi connectivity index (χ3v) is 6.53. The molecule has 0 aliphatic heterocycles. The van der Waals surface area contributed by atoms with Crippen LogP contribution in [0, 0.1) is 0 Å². The highest BCUT2D eigenvalue weighted by molar-refractivity contribution is 7.98. The van der Waals surface area contributed by atoms with Gasteiger partial charge in [0.15, 0.2) is 11.0 Å². The van der Waals surface area contributed by atoms with Gasteiger partial charge in [-0.2, -0.15) is 0 Å². The van der Waals surface area contributed by atoms with Crippen LogP contribution in [0.5, 0.6) is 11.5 Å². The molecule has 34 heavy (non-hydrogen) atoms. The molecule has 0 aliphatic carbocycles. The predicted molar refractivity (Wildman–Crippen MR) is 137 cm³/mol. The van der Waals surface area contributed by atoms with Crippen LogP contribution in [-0.4, -0.2) is 40.9 Å². The molecule has 0 amide bonds. The van der Waals surface area contributed by atoms with Crippen LogP contribution in [0.15, 0.2) is 78.0 Å². The summed E-state index contributed by atoms with van der Waals surface area (Å²) in [6, 6.07) is 23.9. The molecule has 0 unspecified atom stereocenters. The van der Waals surface area contributed by atoms with E-state index in [-0.39, 0.29) is 0 Å². The molecule has 4 aromatic rings. The fraction of sp³-hybridized carbons (Fsp3) is 0.231. The zero-order valence-corrected chi connectivity index (χ0v) is 21.0. The molecule has 0 bridgehead atoms. The lowest BCUT2D eigenvalue weighted by Gasteiger charge is -2.18. The van der Waals surface area contributed by atoms with Crippen LogP contribution >= 0.6 is 23.4 Å². The lowest BCUT2D eigenvalue weighted by molar-refractivity contribution is 0.307. The molecule has 0 aliphatic rings. The zero-order valence-electron chi connectivity index (χ0n) is 19.4. The number of nitrogens with zero attached hydrogens (tertiary/aromatic N) is 4. The van der Waals surface area contributed by atoms with E-state index < -0.39 is 0 Å². The Balaban J connectivity index is 1.57. The number of halogens is 1. The van der Waals surface area contributed by atoms with E-state index >= 15 is 0 Å². The summed E-state index contributed by atoms with van der Waals surface area (Å²) in [4.78, 5) is 2.22. The van der Waals surface area contributed by atoms with Crippen molar-refractivity contribution in [1.29, 1.82) is 0 Å². The maximum atomic E-state index is 6.16. The second-order valence-electron chi connectivity index (χ2n) is 7.87. The lowest BCUT2D eigenvalue weighted by Crippen LogP contribution is -2.20. The molecule has 176 valence electrons. The molecule has 0 saturated carbocycles. The molecule has 0 spiro atoms. The Hall–Kier alpha value is -3.00. The Kier molecular flexibility index (Phi) is 8.11. The smallest absolute Gasteiger partial charge is 0.196 e. The minimum atomic E-state index is 0.633. The van der Waals surface area contributed by atoms with Crippen molar-refractivity contribution in [3.63, 3.8) is 0 Å². The van der Waals surface area contributed by atoms with E-state index in [1.807, 2.05) is 54.6 Å². The van der Waals surface area contributed by atoms with Crippen LogP contribution in [0.25, 0.3) is 5.69 Å². The molecule has 6 nitrogen and oxygen atoms in total. The SMILES string of the molecule is COc1ccc(CN(C)Cc2nnc(SCc3cccc(Cl)c3)n2-c2cccc(OC)c2)cc1. The fourth-order valence-electron chi connectivity index (χ4n) is 3.62. The Bertz CT molecular complexity index is 1230. The summed E-state index contributed by atoms with van der Waals surface area (Å²) in [5.41, 5.74) is 3.30. The summed E-state index contributed by atoms with van der Waals surface area (Å²) in [7, 11) is 5.42. The average Bonchev–Trinajstić information content (AvgIpc) is 3.25. The third-order valence-electron chi connectivity index (χ3n) is 5.29. The van der Waals surface area contributed by atoms with Crippen LogP contribution in [0.3, 0.4) is 0 Å². The second-order valence-corrected chi connectivity index (χ2v) is 9.25. The summed E-state index contributed by atoms with van der Waals surface area (Å²) < 4.78 is 12.8. The average molecular weight is 495 g/mol. The fourth-order valence-corrected chi connectivity index (χ4v) is 4.75. The van der Waals surface area contributed by atoms with Crippen molar-refractivity contribution >= 4 is 23.4 Å². The summed E-state index contributed by atoms with van der Waals surface area (Å²) in [5.74, 6) is 3.24. The molecule has 3 aromatic carbocycles. The lowest BCUT2D eigenvalue weighted by atomic mass is 10.2. The molecular formula is C26H27ClN4O2S. The quantitative estimate of drug-likeness (QED) is 0.257. The monoisotopic (exact) mass is 494 g/mol. The molecule has 0 atom stereocenters. The summed E-state index contributed by atoms with van der Waals surface area (Å²) in [6.45, 7) is 1.41. The highest BCUT2D eigenvalue weighted by Gasteiger charge is 2.17. The number of methoxy groups -OCH3 is 2. The van der Waals surface area contributed by atoms with Crippen molar-refractivity contribution in [3.8, 4) is 17.2 Å². The first-order valence-corrected chi connectivity index (χ1v) is 12.2. The number of thioether (sulfide) groups is 1. The Morgan fingerprint density at radius 1 is 0.853 bits per heavy atom. The van der Waals surface area contributed by atoms with Crippen LogP contribution < -0.4 is 9.47 Å². The molecule has 0 fully saturated rings. The number of rotatable bonds is 10. The van der Waals surface area contributed by atoms with Gasteiger partial charge in [0, 0.05) is 23.4 Å². The first kappa shape index (κ1) is 24.1. The van der Waals surface area contributed by atoms with E-state index in [0.29, 0.717) is 6.54 Å². The zero-order chi connectivity index (χ0) is 23.9. The van der Waals surface area contributed by atoms with Gasteiger partial charge in [0.25, 0.3) is 0 Å². The van der Waals surface area contributed by atoms with Crippen molar-refractivity contribution in [1.82, 2.24) is 19.7 Å². The normalized spacial score (nSPS) is 11.1. The van der Waals surface area contributed by atoms with E-state index in [9.17, 15) is 0 Å². The highest BCUT2D eigenvalue weighted by Crippen LogP contribution is 2.28. The second kappa shape index (κ2) is 11.4. The van der Waals surface area contributed by atoms with Crippen LogP contribution in [-0.2, 0) is 18.8 Å². The van der Waals surface area contributed by atoms with E-state index in [1.165, 1.54) is 5.56 Å².